The van der Waals surface area contributed by atoms with Gasteiger partial charge in [-0.1, -0.05) is 0 Å². The number of likely N-dealkylation sites (tertiary alicyclic amines) is 1. The SMILES string of the molecule is CCOCCN1CCC(=O)C1. The van der Waals surface area contributed by atoms with Crippen LogP contribution >= 0.6 is 0 Å². The lowest BCUT2D eigenvalue weighted by molar-refractivity contribution is -0.116. The van der Waals surface area contributed by atoms with Gasteiger partial charge in [0.25, 0.3) is 0 Å². The summed E-state index contributed by atoms with van der Waals surface area (Å²) < 4.78 is 5.18. The van der Waals surface area contributed by atoms with Gasteiger partial charge >= 0.3 is 0 Å². The van der Waals surface area contributed by atoms with E-state index in [4.69, 9.17) is 4.74 Å². The maximum atomic E-state index is 10.8. The molecule has 0 N–H and O–H groups in total. The molecule has 3 heteroatoms. The van der Waals surface area contributed by atoms with E-state index >= 15 is 0 Å². The van der Waals surface area contributed by atoms with Crippen LogP contribution in [0, 0.1) is 0 Å². The van der Waals surface area contributed by atoms with Crippen molar-refractivity contribution < 1.29 is 9.53 Å². The molecule has 64 valence electrons. The highest BCUT2D eigenvalue weighted by Gasteiger charge is 2.17. The van der Waals surface area contributed by atoms with E-state index in [1.54, 1.807) is 0 Å². The predicted molar refractivity (Wildman–Crippen MR) is 42.6 cm³/mol. The van der Waals surface area contributed by atoms with E-state index in [-0.39, 0.29) is 0 Å². The average Bonchev–Trinajstić information content (AvgIpc) is 2.37. The molecule has 1 aliphatic heterocycles. The normalized spacial score (nSPS) is 19.5. The molecule has 1 aliphatic rings. The van der Waals surface area contributed by atoms with Gasteiger partial charge in [-0.3, -0.25) is 9.69 Å². The predicted octanol–water partition coefficient (Wildman–Crippen LogP) is 0.298. The van der Waals surface area contributed by atoms with Gasteiger partial charge in [-0.25, -0.2) is 0 Å². The molecule has 0 aromatic heterocycles. The van der Waals surface area contributed by atoms with Crippen LogP contribution in [0.15, 0.2) is 0 Å². The third kappa shape index (κ3) is 2.99. The molecule has 11 heavy (non-hydrogen) atoms. The van der Waals surface area contributed by atoms with E-state index in [1.807, 2.05) is 6.92 Å². The summed E-state index contributed by atoms with van der Waals surface area (Å²) in [6.07, 6.45) is 0.728. The van der Waals surface area contributed by atoms with Gasteiger partial charge in [-0.05, 0) is 6.92 Å². The summed E-state index contributed by atoms with van der Waals surface area (Å²) in [6.45, 7) is 5.96. The average molecular weight is 157 g/mol. The summed E-state index contributed by atoms with van der Waals surface area (Å²) in [7, 11) is 0. The molecular weight excluding hydrogens is 142 g/mol. The molecule has 0 aromatic rings. The number of hydrogen-bond donors (Lipinski definition) is 0. The van der Waals surface area contributed by atoms with Gasteiger partial charge in [0.2, 0.25) is 0 Å². The third-order valence-electron chi connectivity index (χ3n) is 1.86. The minimum Gasteiger partial charge on any atom is -0.380 e. The van der Waals surface area contributed by atoms with E-state index < -0.39 is 0 Å². The number of hydrogen-bond acceptors (Lipinski definition) is 3. The Morgan fingerprint density at radius 1 is 1.64 bits per heavy atom. The summed E-state index contributed by atoms with van der Waals surface area (Å²) in [5.74, 6) is 0.362. The number of nitrogens with zero attached hydrogens (tertiary/aromatic N) is 1. The van der Waals surface area contributed by atoms with Crippen LogP contribution in [-0.2, 0) is 9.53 Å². The quantitative estimate of drug-likeness (QED) is 0.550. The Morgan fingerprint density at radius 3 is 3.00 bits per heavy atom. The Hall–Kier alpha value is -0.410. The summed E-state index contributed by atoms with van der Waals surface area (Å²) in [5, 5.41) is 0. The number of Topliss-reactive ketones (excluding diaryl/α,β-unsaturated/α-hetero) is 1. The number of carbonyl (C=O) groups excluding carboxylic acids is 1. The molecule has 0 radical (unpaired) electrons. The molecule has 3 nitrogen and oxygen atoms in total. The van der Waals surface area contributed by atoms with Crippen LogP contribution in [0.5, 0.6) is 0 Å². The molecule has 0 unspecified atom stereocenters. The number of ether oxygens (including phenoxy) is 1. The van der Waals surface area contributed by atoms with Crippen molar-refractivity contribution in [3.63, 3.8) is 0 Å². The summed E-state index contributed by atoms with van der Waals surface area (Å²) in [6, 6.07) is 0. The Balaban J connectivity index is 2.04. The molecule has 0 bridgehead atoms. The lowest BCUT2D eigenvalue weighted by Gasteiger charge is -2.12. The van der Waals surface area contributed by atoms with Gasteiger partial charge in [0.15, 0.2) is 0 Å². The van der Waals surface area contributed by atoms with Crippen molar-refractivity contribution in [3.05, 3.63) is 0 Å². The highest BCUT2D eigenvalue weighted by atomic mass is 16.5. The number of carbonyl (C=O) groups is 1. The highest BCUT2D eigenvalue weighted by Crippen LogP contribution is 2.02. The van der Waals surface area contributed by atoms with Crippen molar-refractivity contribution >= 4 is 5.78 Å². The van der Waals surface area contributed by atoms with E-state index in [0.29, 0.717) is 12.3 Å². The van der Waals surface area contributed by atoms with Crippen molar-refractivity contribution in [1.82, 2.24) is 4.90 Å². The van der Waals surface area contributed by atoms with Gasteiger partial charge in [0, 0.05) is 26.1 Å². The summed E-state index contributed by atoms with van der Waals surface area (Å²) >= 11 is 0. The third-order valence-corrected chi connectivity index (χ3v) is 1.86. The molecule has 0 aliphatic carbocycles. The minimum absolute atomic E-state index is 0.362. The first-order valence-corrected chi connectivity index (χ1v) is 4.14. The molecule has 1 fully saturated rings. The van der Waals surface area contributed by atoms with Crippen molar-refractivity contribution in [3.8, 4) is 0 Å². The smallest absolute Gasteiger partial charge is 0.148 e. The molecule has 0 saturated carbocycles. The minimum atomic E-state index is 0.362. The summed E-state index contributed by atoms with van der Waals surface area (Å²) in [4.78, 5) is 12.9. The fourth-order valence-electron chi connectivity index (χ4n) is 1.22. The maximum Gasteiger partial charge on any atom is 0.148 e. The van der Waals surface area contributed by atoms with E-state index in [2.05, 4.69) is 4.90 Å². The highest BCUT2D eigenvalue weighted by molar-refractivity contribution is 5.82. The van der Waals surface area contributed by atoms with Crippen molar-refractivity contribution in [2.45, 2.75) is 13.3 Å². The van der Waals surface area contributed by atoms with Crippen LogP contribution in [0.2, 0.25) is 0 Å². The molecule has 1 heterocycles. The monoisotopic (exact) mass is 157 g/mol. The van der Waals surface area contributed by atoms with E-state index in [1.165, 1.54) is 0 Å². The lowest BCUT2D eigenvalue weighted by Crippen LogP contribution is -2.25. The Bertz CT molecular complexity index is 136. The topological polar surface area (TPSA) is 29.5 Å². The van der Waals surface area contributed by atoms with Crippen molar-refractivity contribution in [1.29, 1.82) is 0 Å². The Kier molecular flexibility index (Phi) is 3.52. The largest absolute Gasteiger partial charge is 0.380 e. The van der Waals surface area contributed by atoms with Gasteiger partial charge in [-0.2, -0.15) is 0 Å². The molecular formula is C8H15NO2. The maximum absolute atomic E-state index is 10.8. The van der Waals surface area contributed by atoms with Crippen LogP contribution in [0.1, 0.15) is 13.3 Å². The zero-order valence-corrected chi connectivity index (χ0v) is 7.01. The second-order valence-electron chi connectivity index (χ2n) is 2.76. The molecule has 0 spiro atoms. The number of ketones is 1. The fourth-order valence-corrected chi connectivity index (χ4v) is 1.22. The van der Waals surface area contributed by atoms with Gasteiger partial charge < -0.3 is 4.74 Å². The van der Waals surface area contributed by atoms with Crippen LogP contribution in [-0.4, -0.2) is 43.5 Å². The first kappa shape index (κ1) is 8.68. The molecule has 1 saturated heterocycles. The first-order valence-electron chi connectivity index (χ1n) is 4.14. The van der Waals surface area contributed by atoms with Gasteiger partial charge in [-0.15, -0.1) is 0 Å². The van der Waals surface area contributed by atoms with Crippen LogP contribution in [0.4, 0.5) is 0 Å². The zero-order chi connectivity index (χ0) is 8.10. The van der Waals surface area contributed by atoms with Crippen molar-refractivity contribution in [2.75, 3.05) is 32.8 Å². The van der Waals surface area contributed by atoms with Crippen molar-refractivity contribution in [2.24, 2.45) is 0 Å². The number of rotatable bonds is 4. The van der Waals surface area contributed by atoms with Gasteiger partial charge in [0.05, 0.1) is 13.2 Å². The molecule has 1 rings (SSSR count). The van der Waals surface area contributed by atoms with Crippen LogP contribution in [0.3, 0.4) is 0 Å². The van der Waals surface area contributed by atoms with E-state index in [0.717, 1.165) is 32.7 Å². The summed E-state index contributed by atoms with van der Waals surface area (Å²) in [5.41, 5.74) is 0. The Morgan fingerprint density at radius 2 is 2.45 bits per heavy atom. The second kappa shape index (κ2) is 4.46. The zero-order valence-electron chi connectivity index (χ0n) is 7.01. The Labute approximate surface area is 67.3 Å². The standard InChI is InChI=1S/C8H15NO2/c1-2-11-6-5-9-4-3-8(10)7-9/h2-7H2,1H3. The fraction of sp³-hybridized carbons (Fsp3) is 0.875. The van der Waals surface area contributed by atoms with Crippen LogP contribution in [0.25, 0.3) is 0 Å². The molecule has 0 amide bonds. The van der Waals surface area contributed by atoms with Crippen LogP contribution < -0.4 is 0 Å². The molecule has 0 aromatic carbocycles. The lowest BCUT2D eigenvalue weighted by atomic mass is 10.4. The second-order valence-corrected chi connectivity index (χ2v) is 2.76. The molecule has 0 atom stereocenters. The van der Waals surface area contributed by atoms with Gasteiger partial charge in [0.1, 0.15) is 5.78 Å². The first-order chi connectivity index (χ1) is 5.33. The van der Waals surface area contributed by atoms with E-state index in [9.17, 15) is 4.79 Å².